The first-order chi connectivity index (χ1) is 9.31. The molecule has 0 heterocycles. The second-order valence-electron chi connectivity index (χ2n) is 5.88. The highest BCUT2D eigenvalue weighted by molar-refractivity contribution is 9.10. The van der Waals surface area contributed by atoms with Crippen LogP contribution < -0.4 is 5.32 Å². The van der Waals surface area contributed by atoms with Crippen molar-refractivity contribution in [3.63, 3.8) is 0 Å². The first kappa shape index (κ1) is 13.4. The van der Waals surface area contributed by atoms with E-state index < -0.39 is 0 Å². The predicted molar refractivity (Wildman–Crippen MR) is 84.5 cm³/mol. The first-order valence-corrected chi connectivity index (χ1v) is 8.27. The fraction of sp³-hybridized carbons (Fsp3) is 0.529. The summed E-state index contributed by atoms with van der Waals surface area (Å²) >= 11 is 3.56. The van der Waals surface area contributed by atoms with Crippen LogP contribution in [0.2, 0.25) is 0 Å². The van der Waals surface area contributed by atoms with Crippen LogP contribution in [0.25, 0.3) is 0 Å². The zero-order chi connectivity index (χ0) is 13.1. The molecule has 3 rings (SSSR count). The summed E-state index contributed by atoms with van der Waals surface area (Å²) in [5, 5.41) is 3.71. The molecule has 2 aliphatic carbocycles. The van der Waals surface area contributed by atoms with Gasteiger partial charge in [-0.2, -0.15) is 0 Å². The van der Waals surface area contributed by atoms with Gasteiger partial charge >= 0.3 is 0 Å². The normalized spacial score (nSPS) is 26.1. The van der Waals surface area contributed by atoms with Gasteiger partial charge in [-0.15, -0.1) is 0 Å². The largest absolute Gasteiger partial charge is 0.314 e. The van der Waals surface area contributed by atoms with Crippen molar-refractivity contribution in [1.29, 1.82) is 0 Å². The van der Waals surface area contributed by atoms with Crippen LogP contribution in [0.1, 0.15) is 50.0 Å². The van der Waals surface area contributed by atoms with Crippen LogP contribution in [0.3, 0.4) is 0 Å². The Balaban J connectivity index is 1.38. The van der Waals surface area contributed by atoms with Gasteiger partial charge in [-0.3, -0.25) is 0 Å². The molecule has 1 N–H and O–H groups in total. The number of nitrogens with one attached hydrogen (secondary N) is 1. The summed E-state index contributed by atoms with van der Waals surface area (Å²) in [6, 6.07) is 9.52. The number of hydrogen-bond donors (Lipinski definition) is 1. The van der Waals surface area contributed by atoms with E-state index >= 15 is 0 Å². The predicted octanol–water partition coefficient (Wildman–Crippen LogP) is 4.79. The Morgan fingerprint density at radius 3 is 2.89 bits per heavy atom. The quantitative estimate of drug-likeness (QED) is 0.770. The Kier molecular flexibility index (Phi) is 4.39. The molecule has 19 heavy (non-hydrogen) atoms. The molecule has 0 amide bonds. The Bertz CT molecular complexity index is 460. The van der Waals surface area contributed by atoms with Crippen LogP contribution in [-0.2, 0) is 0 Å². The van der Waals surface area contributed by atoms with Gasteiger partial charge in [0.15, 0.2) is 0 Å². The van der Waals surface area contributed by atoms with Crippen LogP contribution in [0.15, 0.2) is 40.4 Å². The molecule has 0 aliphatic heterocycles. The molecular formula is C17H22BrN. The number of benzene rings is 1. The van der Waals surface area contributed by atoms with E-state index in [4.69, 9.17) is 0 Å². The maximum Gasteiger partial charge on any atom is 0.0178 e. The van der Waals surface area contributed by atoms with Gasteiger partial charge in [-0.1, -0.05) is 39.7 Å². The molecule has 0 saturated heterocycles. The van der Waals surface area contributed by atoms with E-state index in [0.29, 0.717) is 0 Å². The summed E-state index contributed by atoms with van der Waals surface area (Å²) in [7, 11) is 0. The standard InChI is InChI=1S/C17H22BrN/c18-16-7-3-6-14(10-16)15-11-17(12-15)19-9-8-13-4-1-2-5-13/h3-4,6-7,10,15,17,19H,1-2,5,8-9,11-12H2. The molecule has 102 valence electrons. The lowest BCUT2D eigenvalue weighted by atomic mass is 9.76. The van der Waals surface area contributed by atoms with Crippen LogP contribution in [-0.4, -0.2) is 12.6 Å². The number of hydrogen-bond acceptors (Lipinski definition) is 1. The minimum absolute atomic E-state index is 0.742. The van der Waals surface area contributed by atoms with E-state index in [1.807, 2.05) is 0 Å². The third kappa shape index (κ3) is 3.49. The van der Waals surface area contributed by atoms with Crippen molar-refractivity contribution >= 4 is 15.9 Å². The van der Waals surface area contributed by atoms with E-state index in [0.717, 1.165) is 12.0 Å². The second kappa shape index (κ2) is 6.23. The van der Waals surface area contributed by atoms with Crippen LogP contribution in [0.5, 0.6) is 0 Å². The minimum Gasteiger partial charge on any atom is -0.314 e. The van der Waals surface area contributed by atoms with Crippen molar-refractivity contribution in [2.24, 2.45) is 0 Å². The van der Waals surface area contributed by atoms with Gasteiger partial charge in [-0.25, -0.2) is 0 Å². The van der Waals surface area contributed by atoms with Crippen molar-refractivity contribution in [3.8, 4) is 0 Å². The fourth-order valence-corrected chi connectivity index (χ4v) is 3.64. The maximum absolute atomic E-state index is 3.71. The maximum atomic E-state index is 3.71. The van der Waals surface area contributed by atoms with E-state index in [1.54, 1.807) is 5.57 Å². The molecule has 1 aromatic rings. The lowest BCUT2D eigenvalue weighted by Crippen LogP contribution is -2.40. The summed E-state index contributed by atoms with van der Waals surface area (Å²) in [6.45, 7) is 1.17. The van der Waals surface area contributed by atoms with Gasteiger partial charge in [0, 0.05) is 10.5 Å². The van der Waals surface area contributed by atoms with Crippen molar-refractivity contribution in [2.45, 2.75) is 50.5 Å². The molecule has 0 spiro atoms. The molecular weight excluding hydrogens is 298 g/mol. The average molecular weight is 320 g/mol. The smallest absolute Gasteiger partial charge is 0.0178 e. The van der Waals surface area contributed by atoms with Gasteiger partial charge in [0.25, 0.3) is 0 Å². The highest BCUT2D eigenvalue weighted by Crippen LogP contribution is 2.37. The molecule has 0 unspecified atom stereocenters. The third-order valence-electron chi connectivity index (χ3n) is 4.47. The van der Waals surface area contributed by atoms with Crippen molar-refractivity contribution in [3.05, 3.63) is 46.0 Å². The zero-order valence-corrected chi connectivity index (χ0v) is 13.0. The number of rotatable bonds is 5. The van der Waals surface area contributed by atoms with E-state index in [9.17, 15) is 0 Å². The topological polar surface area (TPSA) is 12.0 Å². The molecule has 0 aromatic heterocycles. The summed E-state index contributed by atoms with van der Waals surface area (Å²) in [5.41, 5.74) is 3.17. The van der Waals surface area contributed by atoms with Crippen molar-refractivity contribution in [2.75, 3.05) is 6.54 Å². The average Bonchev–Trinajstić information content (AvgIpc) is 2.85. The number of halogens is 1. The Morgan fingerprint density at radius 1 is 1.26 bits per heavy atom. The first-order valence-electron chi connectivity index (χ1n) is 7.48. The second-order valence-corrected chi connectivity index (χ2v) is 6.79. The van der Waals surface area contributed by atoms with Gasteiger partial charge < -0.3 is 5.32 Å². The summed E-state index contributed by atoms with van der Waals surface area (Å²) in [4.78, 5) is 0. The highest BCUT2D eigenvalue weighted by Gasteiger charge is 2.29. The fourth-order valence-electron chi connectivity index (χ4n) is 3.22. The van der Waals surface area contributed by atoms with Gasteiger partial charge in [0.2, 0.25) is 0 Å². The van der Waals surface area contributed by atoms with Crippen LogP contribution >= 0.6 is 15.9 Å². The molecule has 0 radical (unpaired) electrons. The Labute approximate surface area is 124 Å². The SMILES string of the molecule is Brc1cccc(C2CC(NCCC3=CCCC3)C2)c1. The molecule has 0 bridgehead atoms. The monoisotopic (exact) mass is 319 g/mol. The molecule has 2 heteroatoms. The lowest BCUT2D eigenvalue weighted by molar-refractivity contribution is 0.292. The summed E-state index contributed by atoms with van der Waals surface area (Å²) < 4.78 is 1.20. The molecule has 1 aromatic carbocycles. The summed E-state index contributed by atoms with van der Waals surface area (Å²) in [5.74, 6) is 0.765. The molecule has 1 saturated carbocycles. The molecule has 1 nitrogen and oxygen atoms in total. The van der Waals surface area contributed by atoms with Crippen LogP contribution in [0, 0.1) is 0 Å². The van der Waals surface area contributed by atoms with E-state index in [-0.39, 0.29) is 0 Å². The van der Waals surface area contributed by atoms with Crippen molar-refractivity contribution in [1.82, 2.24) is 5.32 Å². The highest BCUT2D eigenvalue weighted by atomic mass is 79.9. The molecule has 1 fully saturated rings. The lowest BCUT2D eigenvalue weighted by Gasteiger charge is -2.36. The molecule has 0 atom stereocenters. The van der Waals surface area contributed by atoms with Gasteiger partial charge in [0.05, 0.1) is 0 Å². The number of allylic oxidation sites excluding steroid dienone is 1. The van der Waals surface area contributed by atoms with E-state index in [1.165, 1.54) is 55.1 Å². The van der Waals surface area contributed by atoms with E-state index in [2.05, 4.69) is 51.6 Å². The van der Waals surface area contributed by atoms with Crippen LogP contribution in [0.4, 0.5) is 0 Å². The zero-order valence-electron chi connectivity index (χ0n) is 11.4. The molecule has 2 aliphatic rings. The minimum atomic E-state index is 0.742. The Hall–Kier alpha value is -0.600. The summed E-state index contributed by atoms with van der Waals surface area (Å²) in [6.07, 6.45) is 10.3. The Morgan fingerprint density at radius 2 is 2.16 bits per heavy atom. The van der Waals surface area contributed by atoms with Crippen molar-refractivity contribution < 1.29 is 0 Å². The van der Waals surface area contributed by atoms with Gasteiger partial charge in [-0.05, 0) is 68.7 Å². The third-order valence-corrected chi connectivity index (χ3v) is 4.97. The van der Waals surface area contributed by atoms with Gasteiger partial charge in [0.1, 0.15) is 0 Å².